The zero-order valence-corrected chi connectivity index (χ0v) is 17.7. The Morgan fingerprint density at radius 1 is 0.933 bits per heavy atom. The molecule has 0 bridgehead atoms. The van der Waals surface area contributed by atoms with E-state index in [9.17, 15) is 4.79 Å². The van der Waals surface area contributed by atoms with Crippen molar-refractivity contribution in [3.8, 4) is 5.75 Å². The molecule has 3 aromatic rings. The van der Waals surface area contributed by atoms with Crippen molar-refractivity contribution in [2.75, 3.05) is 20.7 Å². The van der Waals surface area contributed by atoms with E-state index in [4.69, 9.17) is 4.74 Å². The summed E-state index contributed by atoms with van der Waals surface area (Å²) in [6.07, 6.45) is 1.10. The lowest BCUT2D eigenvalue weighted by Crippen LogP contribution is -2.30. The van der Waals surface area contributed by atoms with Gasteiger partial charge in [0.15, 0.2) is 0 Å². The van der Waals surface area contributed by atoms with Crippen LogP contribution in [0.5, 0.6) is 5.75 Å². The molecule has 1 amide bonds. The van der Waals surface area contributed by atoms with Crippen LogP contribution in [0.4, 0.5) is 0 Å². The average Bonchev–Trinajstić information content (AvgIpc) is 2.79. The van der Waals surface area contributed by atoms with E-state index in [0.29, 0.717) is 6.54 Å². The number of hydrogen-bond acceptors (Lipinski definition) is 3. The van der Waals surface area contributed by atoms with E-state index in [-0.39, 0.29) is 5.91 Å². The predicted octanol–water partition coefficient (Wildman–Crippen LogP) is 4.53. The van der Waals surface area contributed by atoms with Crippen LogP contribution in [0.3, 0.4) is 0 Å². The molecule has 0 aliphatic carbocycles. The van der Waals surface area contributed by atoms with E-state index in [0.717, 1.165) is 42.9 Å². The van der Waals surface area contributed by atoms with Crippen LogP contribution in [0, 0.1) is 0 Å². The largest absolute Gasteiger partial charge is 0.497 e. The molecule has 0 unspecified atom stereocenters. The fraction of sp³-hybridized carbons (Fsp3) is 0.269. The highest BCUT2D eigenvalue weighted by molar-refractivity contribution is 5.94. The molecule has 0 spiro atoms. The van der Waals surface area contributed by atoms with Crippen molar-refractivity contribution >= 4 is 5.91 Å². The molecule has 0 fully saturated rings. The molecule has 1 aliphatic heterocycles. The molecule has 1 aliphatic rings. The molecule has 30 heavy (non-hydrogen) atoms. The van der Waals surface area contributed by atoms with Crippen molar-refractivity contribution in [3.05, 3.63) is 101 Å². The van der Waals surface area contributed by atoms with Gasteiger partial charge < -0.3 is 9.64 Å². The van der Waals surface area contributed by atoms with Gasteiger partial charge in [-0.1, -0.05) is 48.5 Å². The van der Waals surface area contributed by atoms with Gasteiger partial charge in [-0.25, -0.2) is 0 Å². The fourth-order valence-electron chi connectivity index (χ4n) is 4.00. The topological polar surface area (TPSA) is 32.8 Å². The van der Waals surface area contributed by atoms with Gasteiger partial charge in [0, 0.05) is 38.8 Å². The van der Waals surface area contributed by atoms with Crippen LogP contribution in [0.25, 0.3) is 0 Å². The van der Waals surface area contributed by atoms with Gasteiger partial charge in [0.25, 0.3) is 5.91 Å². The second kappa shape index (κ2) is 9.14. The molecule has 0 radical (unpaired) electrons. The number of ether oxygens (including phenoxy) is 1. The number of carbonyl (C=O) groups is 1. The lowest BCUT2D eigenvalue weighted by molar-refractivity contribution is 0.0785. The van der Waals surface area contributed by atoms with Crippen LogP contribution in [0.1, 0.15) is 32.6 Å². The molecular weight excluding hydrogens is 372 g/mol. The molecule has 0 N–H and O–H groups in total. The number of carbonyl (C=O) groups excluding carboxylic acids is 1. The molecule has 0 aromatic heterocycles. The number of rotatable bonds is 6. The number of methoxy groups -OCH3 is 1. The summed E-state index contributed by atoms with van der Waals surface area (Å²) >= 11 is 0. The minimum Gasteiger partial charge on any atom is -0.497 e. The van der Waals surface area contributed by atoms with Gasteiger partial charge in [0.2, 0.25) is 0 Å². The van der Waals surface area contributed by atoms with Gasteiger partial charge in [0.05, 0.1) is 7.11 Å². The summed E-state index contributed by atoms with van der Waals surface area (Å²) < 4.78 is 5.19. The second-order valence-corrected chi connectivity index (χ2v) is 7.94. The Labute approximate surface area is 178 Å². The minimum absolute atomic E-state index is 0.0317. The summed E-state index contributed by atoms with van der Waals surface area (Å²) in [6.45, 7) is 3.53. The predicted molar refractivity (Wildman–Crippen MR) is 119 cm³/mol. The van der Waals surface area contributed by atoms with Gasteiger partial charge in [-0.3, -0.25) is 9.69 Å². The average molecular weight is 401 g/mol. The fourth-order valence-corrected chi connectivity index (χ4v) is 4.00. The van der Waals surface area contributed by atoms with E-state index >= 15 is 0 Å². The molecule has 0 saturated carbocycles. The first kappa shape index (κ1) is 20.2. The summed E-state index contributed by atoms with van der Waals surface area (Å²) in [5.41, 5.74) is 5.93. The molecule has 1 heterocycles. The Bertz CT molecular complexity index is 996. The highest BCUT2D eigenvalue weighted by Gasteiger charge is 2.16. The zero-order valence-electron chi connectivity index (χ0n) is 17.7. The molecule has 3 aromatic carbocycles. The van der Waals surface area contributed by atoms with Gasteiger partial charge in [-0.2, -0.15) is 0 Å². The van der Waals surface area contributed by atoms with Crippen LogP contribution in [-0.2, 0) is 26.1 Å². The highest BCUT2D eigenvalue weighted by Crippen LogP contribution is 2.21. The Kier molecular flexibility index (Phi) is 6.15. The Hall–Kier alpha value is -3.11. The molecule has 0 atom stereocenters. The number of nitrogens with zero attached hydrogens (tertiary/aromatic N) is 2. The van der Waals surface area contributed by atoms with Crippen LogP contribution < -0.4 is 4.74 Å². The SMILES string of the molecule is COc1ccc(CN(C)C(=O)c2ccc(CN3CCc4ccccc4C3)cc2)cc1. The monoisotopic (exact) mass is 400 g/mol. The molecule has 4 heteroatoms. The lowest BCUT2D eigenvalue weighted by atomic mass is 9.99. The zero-order chi connectivity index (χ0) is 20.9. The maximum atomic E-state index is 12.8. The van der Waals surface area contributed by atoms with E-state index in [1.165, 1.54) is 16.7 Å². The first-order valence-electron chi connectivity index (χ1n) is 10.4. The lowest BCUT2D eigenvalue weighted by Gasteiger charge is -2.28. The number of fused-ring (bicyclic) bond motifs is 1. The summed E-state index contributed by atoms with van der Waals surface area (Å²) in [6, 6.07) is 24.6. The van der Waals surface area contributed by atoms with Crippen LogP contribution >= 0.6 is 0 Å². The second-order valence-electron chi connectivity index (χ2n) is 7.94. The summed E-state index contributed by atoms with van der Waals surface area (Å²) in [7, 11) is 3.49. The molecule has 4 nitrogen and oxygen atoms in total. The van der Waals surface area contributed by atoms with Crippen molar-refractivity contribution in [3.63, 3.8) is 0 Å². The Morgan fingerprint density at radius 3 is 2.30 bits per heavy atom. The van der Waals surface area contributed by atoms with E-state index < -0.39 is 0 Å². The van der Waals surface area contributed by atoms with Crippen LogP contribution in [0.2, 0.25) is 0 Å². The summed E-state index contributed by atoms with van der Waals surface area (Å²) in [5, 5.41) is 0. The van der Waals surface area contributed by atoms with Gasteiger partial charge >= 0.3 is 0 Å². The van der Waals surface area contributed by atoms with E-state index in [2.05, 4.69) is 41.3 Å². The maximum Gasteiger partial charge on any atom is 0.253 e. The van der Waals surface area contributed by atoms with Crippen molar-refractivity contribution < 1.29 is 9.53 Å². The summed E-state index contributed by atoms with van der Waals surface area (Å²) in [5.74, 6) is 0.852. The Morgan fingerprint density at radius 2 is 1.60 bits per heavy atom. The van der Waals surface area contributed by atoms with E-state index in [1.807, 2.05) is 43.4 Å². The normalized spacial score (nSPS) is 13.5. The molecular formula is C26H28N2O2. The standard InChI is InChI=1S/C26H28N2O2/c1-27(17-20-9-13-25(30-2)14-10-20)26(29)23-11-7-21(8-12-23)18-28-16-15-22-5-3-4-6-24(22)19-28/h3-14H,15-19H2,1-2H3. The molecule has 4 rings (SSSR count). The van der Waals surface area contributed by atoms with Crippen LogP contribution in [-0.4, -0.2) is 36.4 Å². The molecule has 0 saturated heterocycles. The van der Waals surface area contributed by atoms with Gasteiger partial charge in [-0.05, 0) is 52.9 Å². The first-order chi connectivity index (χ1) is 14.6. The third-order valence-corrected chi connectivity index (χ3v) is 5.74. The Balaban J connectivity index is 1.35. The van der Waals surface area contributed by atoms with E-state index in [1.54, 1.807) is 12.0 Å². The highest BCUT2D eigenvalue weighted by atomic mass is 16.5. The van der Waals surface area contributed by atoms with Crippen molar-refractivity contribution in [2.24, 2.45) is 0 Å². The quantitative estimate of drug-likeness (QED) is 0.610. The third kappa shape index (κ3) is 4.71. The first-order valence-corrected chi connectivity index (χ1v) is 10.4. The number of benzene rings is 3. The number of amides is 1. The van der Waals surface area contributed by atoms with Crippen molar-refractivity contribution in [1.82, 2.24) is 9.80 Å². The van der Waals surface area contributed by atoms with Gasteiger partial charge in [0.1, 0.15) is 5.75 Å². The minimum atomic E-state index is 0.0317. The molecule has 154 valence electrons. The number of hydrogen-bond donors (Lipinski definition) is 0. The van der Waals surface area contributed by atoms with Crippen molar-refractivity contribution in [2.45, 2.75) is 26.1 Å². The maximum absolute atomic E-state index is 12.8. The van der Waals surface area contributed by atoms with Crippen LogP contribution in [0.15, 0.2) is 72.8 Å². The smallest absolute Gasteiger partial charge is 0.253 e. The summed E-state index contributed by atoms with van der Waals surface area (Å²) in [4.78, 5) is 17.0. The van der Waals surface area contributed by atoms with Crippen molar-refractivity contribution in [1.29, 1.82) is 0 Å². The van der Waals surface area contributed by atoms with Gasteiger partial charge in [-0.15, -0.1) is 0 Å². The third-order valence-electron chi connectivity index (χ3n) is 5.74.